The first-order chi connectivity index (χ1) is 25.6. The second kappa shape index (κ2) is 14.9. The molecule has 0 radical (unpaired) electrons. The topological polar surface area (TPSA) is 183 Å². The van der Waals surface area contributed by atoms with Crippen LogP contribution in [0.3, 0.4) is 0 Å². The highest BCUT2D eigenvalue weighted by atomic mass is 16.7. The van der Waals surface area contributed by atoms with E-state index in [0.29, 0.717) is 18.4 Å². The van der Waals surface area contributed by atoms with Crippen LogP contribution in [0.25, 0.3) is 0 Å². The summed E-state index contributed by atoms with van der Waals surface area (Å²) in [6.07, 6.45) is 1.90. The summed E-state index contributed by atoms with van der Waals surface area (Å²) in [4.78, 5) is 11.9. The Morgan fingerprint density at radius 2 is 1.30 bits per heavy atom. The van der Waals surface area contributed by atoms with Gasteiger partial charge in [0.2, 0.25) is 0 Å². The number of cyclic esters (lactones) is 1. The highest BCUT2D eigenvalue weighted by molar-refractivity contribution is 5.85. The van der Waals surface area contributed by atoms with E-state index in [1.54, 1.807) is 19.9 Å². The third-order valence-electron chi connectivity index (χ3n) is 15.9. The van der Waals surface area contributed by atoms with E-state index in [1.807, 2.05) is 6.92 Å². The maximum Gasteiger partial charge on any atom is 0.331 e. The molecule has 4 aliphatic carbocycles. The molecule has 306 valence electrons. The van der Waals surface area contributed by atoms with E-state index in [1.165, 1.54) is 0 Å². The molecule has 0 spiro atoms. The lowest BCUT2D eigenvalue weighted by atomic mass is 9.43. The van der Waals surface area contributed by atoms with Gasteiger partial charge in [0.25, 0.3) is 0 Å². The summed E-state index contributed by atoms with van der Waals surface area (Å²) in [5.41, 5.74) is 0.215. The predicted octanol–water partition coefficient (Wildman–Crippen LogP) is 3.25. The highest BCUT2D eigenvalue weighted by Crippen LogP contribution is 2.70. The Kier molecular flexibility index (Phi) is 10.9. The number of aliphatic hydroxyl groups is 5. The summed E-state index contributed by atoms with van der Waals surface area (Å²) >= 11 is 0. The minimum absolute atomic E-state index is 0.0243. The first-order valence-electron chi connectivity index (χ1n) is 20.8. The normalized spacial score (nSPS) is 55.0. The molecule has 8 aliphatic rings. The van der Waals surface area contributed by atoms with Crippen LogP contribution in [0.4, 0.5) is 0 Å². The van der Waals surface area contributed by atoms with Crippen LogP contribution in [-0.2, 0) is 38.0 Å². The maximum atomic E-state index is 12.6. The van der Waals surface area contributed by atoms with Crippen molar-refractivity contribution in [2.45, 2.75) is 197 Å². The highest BCUT2D eigenvalue weighted by Gasteiger charge is 2.68. The number of carbonyl (C=O) groups excluding carboxylic acids is 1. The molecule has 3 saturated heterocycles. The SMILES string of the molecule is CC1O[C@@H](O[C@@H]2C(C)O[C@@H](O[C@@H]3C(C)O[C@@H](O[C@H]4CC[C@@]5(C)C(CCC6C5CC[C@]5(C)[C@@H](C7=CC(=O)OC7)CC[C@]65O)C4)C[C@H]3O)C[C@H]2O)C[C@@H](O)[C@@H]1O. The van der Waals surface area contributed by atoms with Crippen molar-refractivity contribution in [1.82, 2.24) is 0 Å². The number of ether oxygens (including phenoxy) is 7. The largest absolute Gasteiger partial charge is 0.458 e. The molecule has 4 aliphatic heterocycles. The van der Waals surface area contributed by atoms with E-state index in [4.69, 9.17) is 33.2 Å². The first-order valence-corrected chi connectivity index (χ1v) is 20.8. The zero-order valence-electron chi connectivity index (χ0n) is 32.6. The third-order valence-corrected chi connectivity index (χ3v) is 15.9. The van der Waals surface area contributed by atoms with Crippen molar-refractivity contribution < 1.29 is 63.5 Å². The van der Waals surface area contributed by atoms with Gasteiger partial charge in [-0.2, -0.15) is 0 Å². The maximum absolute atomic E-state index is 12.6. The van der Waals surface area contributed by atoms with Gasteiger partial charge in [0.15, 0.2) is 18.9 Å². The van der Waals surface area contributed by atoms with Crippen LogP contribution >= 0.6 is 0 Å². The molecule has 13 nitrogen and oxygen atoms in total. The molecule has 20 atom stereocenters. The number of aliphatic hydroxyl groups excluding tert-OH is 4. The Bertz CT molecular complexity index is 1370. The van der Waals surface area contributed by atoms with Crippen LogP contribution in [0.2, 0.25) is 0 Å². The Hall–Kier alpha value is -1.23. The van der Waals surface area contributed by atoms with Crippen molar-refractivity contribution >= 4 is 5.97 Å². The van der Waals surface area contributed by atoms with E-state index in [9.17, 15) is 30.3 Å². The average molecular weight is 765 g/mol. The number of carbonyl (C=O) groups is 1. The number of hydrogen-bond acceptors (Lipinski definition) is 13. The average Bonchev–Trinajstić information content (AvgIpc) is 3.66. The molecule has 0 aromatic heterocycles. The molecule has 0 bridgehead atoms. The summed E-state index contributed by atoms with van der Waals surface area (Å²) in [6, 6.07) is 0. The molecule has 13 heteroatoms. The van der Waals surface area contributed by atoms with Gasteiger partial charge in [-0.3, -0.25) is 0 Å². The summed E-state index contributed by atoms with van der Waals surface area (Å²) < 4.78 is 42.2. The molecular formula is C41H64O13. The van der Waals surface area contributed by atoms with Gasteiger partial charge in [0.1, 0.15) is 24.9 Å². The fourth-order valence-corrected chi connectivity index (χ4v) is 12.8. The second-order valence-electron chi connectivity index (χ2n) is 18.7. The van der Waals surface area contributed by atoms with Gasteiger partial charge in [-0.1, -0.05) is 13.8 Å². The lowest BCUT2D eigenvalue weighted by molar-refractivity contribution is -0.336. The van der Waals surface area contributed by atoms with E-state index in [2.05, 4.69) is 13.8 Å². The first kappa shape index (κ1) is 39.6. The zero-order chi connectivity index (χ0) is 38.3. The summed E-state index contributed by atoms with van der Waals surface area (Å²) in [5, 5.41) is 55.0. The van der Waals surface area contributed by atoms with E-state index in [0.717, 1.165) is 63.4 Å². The molecule has 4 heterocycles. The minimum atomic E-state index is -0.996. The molecule has 0 amide bonds. The standard InChI is InChI=1S/C41H64O13/c1-20-36(46)29(42)16-34(49-20)53-38-22(3)51-35(18-31(38)44)54-37-21(2)50-33(17-30(37)43)52-25-8-11-39(4)24(15-25)6-7-28-27(39)9-12-40(5)26(10-13-41(28,40)47)23-14-32(45)48-19-23/h14,20-22,24-31,33-38,42-44,46-47H,6-13,15-19H2,1-5H3/t20?,21?,22?,24?,25-,26+,27?,28?,29+,30+,31+,33-,34-,35-,36+,37+,38+,39-,40+,41-/m0/s1. The van der Waals surface area contributed by atoms with Gasteiger partial charge in [0.05, 0.1) is 48.3 Å². The smallest absolute Gasteiger partial charge is 0.331 e. The number of esters is 1. The third kappa shape index (κ3) is 6.82. The predicted molar refractivity (Wildman–Crippen MR) is 191 cm³/mol. The molecular weight excluding hydrogens is 700 g/mol. The molecule has 54 heavy (non-hydrogen) atoms. The molecule has 7 fully saturated rings. The second-order valence-corrected chi connectivity index (χ2v) is 18.7. The zero-order valence-corrected chi connectivity index (χ0v) is 32.6. The quantitative estimate of drug-likeness (QED) is 0.188. The van der Waals surface area contributed by atoms with Gasteiger partial charge >= 0.3 is 5.97 Å². The lowest BCUT2D eigenvalue weighted by Crippen LogP contribution is -2.62. The lowest BCUT2D eigenvalue weighted by Gasteiger charge is -2.64. The van der Waals surface area contributed by atoms with Crippen molar-refractivity contribution in [2.75, 3.05) is 6.61 Å². The number of hydrogen-bond donors (Lipinski definition) is 5. The van der Waals surface area contributed by atoms with Gasteiger partial charge in [0, 0.05) is 30.8 Å². The van der Waals surface area contributed by atoms with E-state index >= 15 is 0 Å². The Morgan fingerprint density at radius 1 is 0.685 bits per heavy atom. The van der Waals surface area contributed by atoms with Gasteiger partial charge in [-0.15, -0.1) is 0 Å². The van der Waals surface area contributed by atoms with Gasteiger partial charge < -0.3 is 58.7 Å². The van der Waals surface area contributed by atoms with Crippen molar-refractivity contribution in [3.63, 3.8) is 0 Å². The van der Waals surface area contributed by atoms with Crippen molar-refractivity contribution in [1.29, 1.82) is 0 Å². The van der Waals surface area contributed by atoms with E-state index < -0.39 is 79.4 Å². The van der Waals surface area contributed by atoms with Crippen LogP contribution in [0.1, 0.15) is 112 Å². The molecule has 4 saturated carbocycles. The molecule has 0 aromatic carbocycles. The number of fused-ring (bicyclic) bond motifs is 5. The van der Waals surface area contributed by atoms with Gasteiger partial charge in [-0.25, -0.2) is 4.79 Å². The van der Waals surface area contributed by atoms with Crippen molar-refractivity contribution in [3.05, 3.63) is 11.6 Å². The van der Waals surface area contributed by atoms with Gasteiger partial charge in [-0.05, 0) is 113 Å². The molecule has 5 N–H and O–H groups in total. The van der Waals surface area contributed by atoms with Crippen LogP contribution < -0.4 is 0 Å². The van der Waals surface area contributed by atoms with E-state index in [-0.39, 0.29) is 54.0 Å². The van der Waals surface area contributed by atoms with Crippen molar-refractivity contribution in [3.8, 4) is 0 Å². The molecule has 8 rings (SSSR count). The monoisotopic (exact) mass is 764 g/mol. The minimum Gasteiger partial charge on any atom is -0.458 e. The molecule has 0 aromatic rings. The van der Waals surface area contributed by atoms with Crippen LogP contribution in [-0.4, -0.2) is 124 Å². The Balaban J connectivity index is 0.826. The Morgan fingerprint density at radius 3 is 1.89 bits per heavy atom. The van der Waals surface area contributed by atoms with Crippen LogP contribution in [0, 0.1) is 34.5 Å². The van der Waals surface area contributed by atoms with Crippen LogP contribution in [0.15, 0.2) is 11.6 Å². The molecule has 6 unspecified atom stereocenters. The summed E-state index contributed by atoms with van der Waals surface area (Å²) in [5.74, 6) is 1.13. The number of rotatable bonds is 7. The van der Waals surface area contributed by atoms with Crippen LogP contribution in [0.5, 0.6) is 0 Å². The Labute approximate surface area is 319 Å². The fourth-order valence-electron chi connectivity index (χ4n) is 12.8. The van der Waals surface area contributed by atoms with Crippen molar-refractivity contribution in [2.24, 2.45) is 34.5 Å². The summed E-state index contributed by atoms with van der Waals surface area (Å²) in [7, 11) is 0. The fraction of sp³-hybridized carbons (Fsp3) is 0.927. The summed E-state index contributed by atoms with van der Waals surface area (Å²) in [6.45, 7) is 10.4.